The van der Waals surface area contributed by atoms with E-state index in [1.54, 1.807) is 6.92 Å². The van der Waals surface area contributed by atoms with Crippen LogP contribution in [-0.4, -0.2) is 30.3 Å². The summed E-state index contributed by atoms with van der Waals surface area (Å²) < 4.78 is 27.0. The Bertz CT molecular complexity index is 533. The Morgan fingerprint density at radius 2 is 2.10 bits per heavy atom. The van der Waals surface area contributed by atoms with Gasteiger partial charge in [0.05, 0.1) is 12.3 Å². The maximum absolute atomic E-state index is 12.2. The number of hydrogen-bond acceptors (Lipinski definition) is 4. The van der Waals surface area contributed by atoms with E-state index in [-0.39, 0.29) is 17.2 Å². The average Bonchev–Trinajstić information content (AvgIpc) is 3.03. The fourth-order valence-electron chi connectivity index (χ4n) is 2.90. The van der Waals surface area contributed by atoms with Crippen molar-refractivity contribution in [3.05, 3.63) is 11.4 Å². The van der Waals surface area contributed by atoms with Crippen LogP contribution >= 0.6 is 0 Å². The number of H-pyrrole nitrogens is 1. The molecule has 20 heavy (non-hydrogen) atoms. The van der Waals surface area contributed by atoms with Gasteiger partial charge in [0.25, 0.3) is 0 Å². The topological polar surface area (TPSA) is 95.1 Å². The van der Waals surface area contributed by atoms with Gasteiger partial charge in [-0.15, -0.1) is 0 Å². The zero-order valence-corrected chi connectivity index (χ0v) is 12.7. The third-order valence-electron chi connectivity index (χ3n) is 3.94. The van der Waals surface area contributed by atoms with Gasteiger partial charge in [-0.05, 0) is 25.7 Å². The molecule has 0 saturated heterocycles. The average molecular weight is 301 g/mol. The largest absolute Gasteiger partial charge is 0.390 e. The van der Waals surface area contributed by atoms with E-state index in [9.17, 15) is 8.42 Å². The molecule has 1 aliphatic rings. The standard InChI is InChI=1S/C13H23N3O3S/c1-10-13(12(9-17)16-15-10)20(18,19)14-8-4-7-11-5-2-3-6-11/h11,14,17H,2-9H2,1H3,(H,15,16). The van der Waals surface area contributed by atoms with Gasteiger partial charge in [0, 0.05) is 6.54 Å². The number of aromatic amines is 1. The number of sulfonamides is 1. The van der Waals surface area contributed by atoms with Gasteiger partial charge in [-0.2, -0.15) is 5.10 Å². The predicted octanol–water partition coefficient (Wildman–Crippen LogP) is 1.46. The van der Waals surface area contributed by atoms with E-state index in [1.165, 1.54) is 25.7 Å². The monoisotopic (exact) mass is 301 g/mol. The predicted molar refractivity (Wildman–Crippen MR) is 75.6 cm³/mol. The second-order valence-electron chi connectivity index (χ2n) is 5.47. The summed E-state index contributed by atoms with van der Waals surface area (Å²) in [5.41, 5.74) is 0.628. The third-order valence-corrected chi connectivity index (χ3v) is 5.60. The van der Waals surface area contributed by atoms with E-state index in [2.05, 4.69) is 14.9 Å². The summed E-state index contributed by atoms with van der Waals surface area (Å²) >= 11 is 0. The number of rotatable bonds is 7. The summed E-state index contributed by atoms with van der Waals surface area (Å²) in [6.07, 6.45) is 7.12. The molecular formula is C13H23N3O3S. The van der Waals surface area contributed by atoms with Crippen LogP contribution in [0.5, 0.6) is 0 Å². The van der Waals surface area contributed by atoms with Crippen molar-refractivity contribution in [2.24, 2.45) is 5.92 Å². The number of nitrogens with zero attached hydrogens (tertiary/aromatic N) is 1. The number of aliphatic hydroxyl groups excluding tert-OH is 1. The zero-order valence-electron chi connectivity index (χ0n) is 11.9. The lowest BCUT2D eigenvalue weighted by Crippen LogP contribution is -2.26. The van der Waals surface area contributed by atoms with E-state index in [1.807, 2.05) is 0 Å². The number of aryl methyl sites for hydroxylation is 1. The summed E-state index contributed by atoms with van der Waals surface area (Å²) in [5.74, 6) is 0.767. The Hall–Kier alpha value is -0.920. The molecule has 1 aliphatic carbocycles. The molecule has 1 aromatic heterocycles. The van der Waals surface area contributed by atoms with Crippen LogP contribution in [-0.2, 0) is 16.6 Å². The van der Waals surface area contributed by atoms with Gasteiger partial charge in [-0.1, -0.05) is 25.7 Å². The third kappa shape index (κ3) is 3.59. The molecule has 0 atom stereocenters. The maximum Gasteiger partial charge on any atom is 0.244 e. The molecule has 7 heteroatoms. The van der Waals surface area contributed by atoms with Crippen LogP contribution in [0.1, 0.15) is 49.9 Å². The van der Waals surface area contributed by atoms with Crippen LogP contribution in [0.15, 0.2) is 4.90 Å². The van der Waals surface area contributed by atoms with E-state index in [0.29, 0.717) is 12.2 Å². The van der Waals surface area contributed by atoms with Gasteiger partial charge < -0.3 is 5.11 Å². The Morgan fingerprint density at radius 3 is 2.75 bits per heavy atom. The van der Waals surface area contributed by atoms with Gasteiger partial charge in [0.1, 0.15) is 10.6 Å². The van der Waals surface area contributed by atoms with Crippen LogP contribution in [0.2, 0.25) is 0 Å². The first-order valence-electron chi connectivity index (χ1n) is 7.19. The first-order valence-corrected chi connectivity index (χ1v) is 8.67. The van der Waals surface area contributed by atoms with Crippen molar-refractivity contribution in [2.45, 2.75) is 57.0 Å². The summed E-state index contributed by atoms with van der Waals surface area (Å²) in [5, 5.41) is 15.5. The second kappa shape index (κ2) is 6.69. The molecule has 0 radical (unpaired) electrons. The molecule has 0 aliphatic heterocycles. The molecule has 3 N–H and O–H groups in total. The molecule has 1 heterocycles. The highest BCUT2D eigenvalue weighted by Crippen LogP contribution is 2.28. The van der Waals surface area contributed by atoms with E-state index < -0.39 is 10.0 Å². The summed E-state index contributed by atoms with van der Waals surface area (Å²) in [7, 11) is -3.59. The summed E-state index contributed by atoms with van der Waals surface area (Å²) in [6.45, 7) is 1.69. The lowest BCUT2D eigenvalue weighted by molar-refractivity contribution is 0.273. The number of aromatic nitrogens is 2. The molecule has 0 unspecified atom stereocenters. The fraction of sp³-hybridized carbons (Fsp3) is 0.769. The van der Waals surface area contributed by atoms with Crippen molar-refractivity contribution < 1.29 is 13.5 Å². The fourth-order valence-corrected chi connectivity index (χ4v) is 4.33. The van der Waals surface area contributed by atoms with Crippen LogP contribution in [0.25, 0.3) is 0 Å². The zero-order chi connectivity index (χ0) is 14.6. The van der Waals surface area contributed by atoms with Gasteiger partial charge in [-0.25, -0.2) is 13.1 Å². The van der Waals surface area contributed by atoms with E-state index in [0.717, 1.165) is 18.8 Å². The summed E-state index contributed by atoms with van der Waals surface area (Å²) in [4.78, 5) is 0.0841. The first kappa shape index (κ1) is 15.5. The van der Waals surface area contributed by atoms with E-state index in [4.69, 9.17) is 5.11 Å². The highest BCUT2D eigenvalue weighted by atomic mass is 32.2. The molecule has 2 rings (SSSR count). The highest BCUT2D eigenvalue weighted by molar-refractivity contribution is 7.89. The van der Waals surface area contributed by atoms with Crippen molar-refractivity contribution in [3.8, 4) is 0 Å². The Balaban J connectivity index is 1.88. The molecule has 114 valence electrons. The Kier molecular flexibility index (Phi) is 5.17. The minimum Gasteiger partial charge on any atom is -0.390 e. The number of nitrogens with one attached hydrogen (secondary N) is 2. The molecule has 1 fully saturated rings. The molecule has 0 spiro atoms. The van der Waals surface area contributed by atoms with Crippen molar-refractivity contribution in [2.75, 3.05) is 6.54 Å². The number of aliphatic hydroxyl groups is 1. The van der Waals surface area contributed by atoms with Gasteiger partial charge in [0.2, 0.25) is 10.0 Å². The minimum absolute atomic E-state index is 0.0841. The van der Waals surface area contributed by atoms with Gasteiger partial charge in [-0.3, -0.25) is 5.10 Å². The number of hydrogen-bond donors (Lipinski definition) is 3. The van der Waals surface area contributed by atoms with E-state index >= 15 is 0 Å². The van der Waals surface area contributed by atoms with Crippen LogP contribution in [0.3, 0.4) is 0 Å². The van der Waals surface area contributed by atoms with Crippen molar-refractivity contribution in [3.63, 3.8) is 0 Å². The second-order valence-corrected chi connectivity index (χ2v) is 7.18. The quantitative estimate of drug-likeness (QED) is 0.664. The Labute approximate surface area is 120 Å². The normalized spacial score (nSPS) is 16.9. The van der Waals surface area contributed by atoms with Crippen LogP contribution in [0.4, 0.5) is 0 Å². The maximum atomic E-state index is 12.2. The van der Waals surface area contributed by atoms with Crippen molar-refractivity contribution in [1.82, 2.24) is 14.9 Å². The van der Waals surface area contributed by atoms with Gasteiger partial charge in [0.15, 0.2) is 0 Å². The van der Waals surface area contributed by atoms with Crippen molar-refractivity contribution >= 4 is 10.0 Å². The molecule has 0 amide bonds. The minimum atomic E-state index is -3.59. The molecule has 0 bridgehead atoms. The summed E-state index contributed by atoms with van der Waals surface area (Å²) in [6, 6.07) is 0. The van der Waals surface area contributed by atoms with Crippen LogP contribution < -0.4 is 4.72 Å². The lowest BCUT2D eigenvalue weighted by atomic mass is 10.0. The van der Waals surface area contributed by atoms with Gasteiger partial charge >= 0.3 is 0 Å². The Morgan fingerprint density at radius 1 is 1.40 bits per heavy atom. The van der Waals surface area contributed by atoms with Crippen molar-refractivity contribution in [1.29, 1.82) is 0 Å². The molecule has 6 nitrogen and oxygen atoms in total. The highest BCUT2D eigenvalue weighted by Gasteiger charge is 2.23. The smallest absolute Gasteiger partial charge is 0.244 e. The molecular weight excluding hydrogens is 278 g/mol. The molecule has 0 aromatic carbocycles. The lowest BCUT2D eigenvalue weighted by Gasteiger charge is -2.10. The molecule has 1 aromatic rings. The molecule has 1 saturated carbocycles. The van der Waals surface area contributed by atoms with Crippen LogP contribution in [0, 0.1) is 12.8 Å². The SMILES string of the molecule is Cc1[nH]nc(CO)c1S(=O)(=O)NCCCC1CCCC1. The first-order chi connectivity index (χ1) is 9.54.